The molecule has 0 saturated carbocycles. The van der Waals surface area contributed by atoms with Crippen molar-refractivity contribution in [3.05, 3.63) is 77.1 Å². The fourth-order valence-electron chi connectivity index (χ4n) is 3.78. The quantitative estimate of drug-likeness (QED) is 0.362. The molecule has 7 nitrogen and oxygen atoms in total. The number of phenols is 1. The number of nitrogens with one attached hydrogen (secondary N) is 1. The molecular weight excluding hydrogens is 426 g/mol. The Labute approximate surface area is 190 Å². The third kappa shape index (κ3) is 3.65. The molecule has 0 radical (unpaired) electrons. The fraction of sp³-hybridized carbons (Fsp3) is 0.125. The molecule has 2 heterocycles. The summed E-state index contributed by atoms with van der Waals surface area (Å²) in [6, 6.07) is 15.7. The maximum absolute atomic E-state index is 13.3. The van der Waals surface area contributed by atoms with Crippen molar-refractivity contribution in [3.63, 3.8) is 0 Å². The van der Waals surface area contributed by atoms with Crippen LogP contribution in [0.3, 0.4) is 0 Å². The van der Waals surface area contributed by atoms with E-state index in [1.807, 2.05) is 24.5 Å². The Balaban J connectivity index is 1.77. The number of hydrogen-bond donors (Lipinski definition) is 2. The molecule has 2 amide bonds. The number of benzene rings is 2. The Hall–Kier alpha value is -3.91. The minimum absolute atomic E-state index is 0.00350. The number of phenolic OH excluding ortho intramolecular Hbond substituents is 1. The predicted octanol–water partition coefficient (Wildman–Crippen LogP) is 3.64. The molecule has 0 aliphatic carbocycles. The van der Waals surface area contributed by atoms with Gasteiger partial charge in [-0.05, 0) is 80.2 Å². The lowest BCUT2D eigenvalue weighted by atomic mass is 10.1. The lowest BCUT2D eigenvalue weighted by Gasteiger charge is -2.29. The minimum Gasteiger partial charge on any atom is -0.508 e. The zero-order valence-corrected chi connectivity index (χ0v) is 18.6. The number of rotatable bonds is 4. The minimum atomic E-state index is -0.555. The highest BCUT2D eigenvalue weighted by molar-refractivity contribution is 7.80. The van der Waals surface area contributed by atoms with Crippen LogP contribution in [-0.4, -0.2) is 33.7 Å². The average Bonchev–Trinajstić information content (AvgIpc) is 3.05. The van der Waals surface area contributed by atoms with E-state index in [4.69, 9.17) is 17.0 Å². The normalized spacial score (nSPS) is 15.3. The number of aromatic hydroxyl groups is 1. The molecule has 4 rings (SSSR count). The summed E-state index contributed by atoms with van der Waals surface area (Å²) in [5.41, 5.74) is 3.76. The molecule has 32 heavy (non-hydrogen) atoms. The summed E-state index contributed by atoms with van der Waals surface area (Å²) in [6.07, 6.45) is 1.57. The van der Waals surface area contributed by atoms with Crippen molar-refractivity contribution < 1.29 is 19.4 Å². The number of aromatic nitrogens is 1. The second kappa shape index (κ2) is 8.32. The summed E-state index contributed by atoms with van der Waals surface area (Å²) < 4.78 is 7.35. The molecule has 0 bridgehead atoms. The Morgan fingerprint density at radius 3 is 2.44 bits per heavy atom. The first-order chi connectivity index (χ1) is 15.3. The number of hydrogen-bond acceptors (Lipinski definition) is 5. The first-order valence-electron chi connectivity index (χ1n) is 9.84. The van der Waals surface area contributed by atoms with Gasteiger partial charge < -0.3 is 14.4 Å². The summed E-state index contributed by atoms with van der Waals surface area (Å²) in [6.45, 7) is 3.83. The van der Waals surface area contributed by atoms with E-state index < -0.39 is 11.8 Å². The molecule has 8 heteroatoms. The number of para-hydroxylation sites is 2. The van der Waals surface area contributed by atoms with Crippen LogP contribution < -0.4 is 15.0 Å². The van der Waals surface area contributed by atoms with Crippen molar-refractivity contribution in [2.75, 3.05) is 12.0 Å². The third-order valence-corrected chi connectivity index (χ3v) is 5.59. The third-order valence-electron chi connectivity index (χ3n) is 5.31. The van der Waals surface area contributed by atoms with Crippen molar-refractivity contribution in [2.45, 2.75) is 13.8 Å². The molecular formula is C24H21N3O4S. The van der Waals surface area contributed by atoms with E-state index in [9.17, 15) is 14.7 Å². The van der Waals surface area contributed by atoms with Gasteiger partial charge in [-0.3, -0.25) is 14.9 Å². The first-order valence-corrected chi connectivity index (χ1v) is 10.3. The Kier molecular flexibility index (Phi) is 5.54. The summed E-state index contributed by atoms with van der Waals surface area (Å²) >= 11 is 5.28. The van der Waals surface area contributed by atoms with E-state index in [0.717, 1.165) is 22.6 Å². The monoisotopic (exact) mass is 447 g/mol. The molecule has 1 saturated heterocycles. The largest absolute Gasteiger partial charge is 0.508 e. The van der Waals surface area contributed by atoms with Crippen LogP contribution in [0.1, 0.15) is 17.0 Å². The highest BCUT2D eigenvalue weighted by Crippen LogP contribution is 2.31. The lowest BCUT2D eigenvalue weighted by Crippen LogP contribution is -2.54. The first kappa shape index (κ1) is 21.3. The zero-order chi connectivity index (χ0) is 23.0. The van der Waals surface area contributed by atoms with Gasteiger partial charge in [-0.25, -0.2) is 4.90 Å². The zero-order valence-electron chi connectivity index (χ0n) is 17.7. The van der Waals surface area contributed by atoms with E-state index in [1.165, 1.54) is 12.0 Å². The summed E-state index contributed by atoms with van der Waals surface area (Å²) in [5.74, 6) is -0.446. The number of anilines is 1. The van der Waals surface area contributed by atoms with Gasteiger partial charge in [-0.1, -0.05) is 12.1 Å². The molecule has 1 aromatic heterocycles. The van der Waals surface area contributed by atoms with Crippen LogP contribution in [0.2, 0.25) is 0 Å². The molecule has 1 aliphatic rings. The number of carbonyl (C=O) groups is 2. The topological polar surface area (TPSA) is 83.8 Å². The van der Waals surface area contributed by atoms with Crippen LogP contribution in [0.15, 0.2) is 60.2 Å². The van der Waals surface area contributed by atoms with Crippen LogP contribution >= 0.6 is 12.2 Å². The molecule has 2 N–H and O–H groups in total. The van der Waals surface area contributed by atoms with Gasteiger partial charge in [0.1, 0.15) is 17.1 Å². The predicted molar refractivity (Wildman–Crippen MR) is 126 cm³/mol. The second-order valence-electron chi connectivity index (χ2n) is 7.31. The van der Waals surface area contributed by atoms with Gasteiger partial charge in [0.05, 0.1) is 12.8 Å². The lowest BCUT2D eigenvalue weighted by molar-refractivity contribution is -0.122. The van der Waals surface area contributed by atoms with Crippen molar-refractivity contribution in [3.8, 4) is 17.2 Å². The van der Waals surface area contributed by atoms with E-state index >= 15 is 0 Å². The second-order valence-corrected chi connectivity index (χ2v) is 7.69. The number of aryl methyl sites for hydroxylation is 1. The summed E-state index contributed by atoms with van der Waals surface area (Å²) in [5, 5.41) is 12.2. The highest BCUT2D eigenvalue weighted by atomic mass is 32.1. The van der Waals surface area contributed by atoms with Crippen molar-refractivity contribution >= 4 is 40.9 Å². The highest BCUT2D eigenvalue weighted by Gasteiger charge is 2.36. The molecule has 162 valence electrons. The van der Waals surface area contributed by atoms with Gasteiger partial charge in [0, 0.05) is 17.1 Å². The standard InChI is InChI=1S/C24H21N3O4S/c1-14-12-16(15(2)26(14)17-8-10-18(28)11-9-17)13-19-22(29)25-24(32)27(23(19)30)20-6-4-5-7-21(20)31-3/h4-13,28H,1-3H3,(H,25,29,32)/b19-13+. The number of methoxy groups -OCH3 is 1. The van der Waals surface area contributed by atoms with Crippen LogP contribution in [0.25, 0.3) is 11.8 Å². The van der Waals surface area contributed by atoms with Gasteiger partial charge in [-0.15, -0.1) is 0 Å². The number of ether oxygens (including phenoxy) is 1. The molecule has 0 spiro atoms. The van der Waals surface area contributed by atoms with Crippen LogP contribution in [0.5, 0.6) is 11.5 Å². The number of thiocarbonyl (C=S) groups is 1. The Bertz CT molecular complexity index is 1270. The van der Waals surface area contributed by atoms with Crippen molar-refractivity contribution in [1.82, 2.24) is 9.88 Å². The van der Waals surface area contributed by atoms with E-state index in [1.54, 1.807) is 54.6 Å². The van der Waals surface area contributed by atoms with Gasteiger partial charge in [0.25, 0.3) is 11.8 Å². The number of amides is 2. The van der Waals surface area contributed by atoms with Crippen molar-refractivity contribution in [1.29, 1.82) is 0 Å². The van der Waals surface area contributed by atoms with E-state index in [0.29, 0.717) is 11.4 Å². The molecule has 1 aliphatic heterocycles. The van der Waals surface area contributed by atoms with Crippen LogP contribution in [0.4, 0.5) is 5.69 Å². The number of carbonyl (C=O) groups excluding carboxylic acids is 2. The molecule has 0 atom stereocenters. The summed E-state index contributed by atoms with van der Waals surface area (Å²) in [4.78, 5) is 27.3. The average molecular weight is 448 g/mol. The maximum atomic E-state index is 13.3. The smallest absolute Gasteiger partial charge is 0.270 e. The molecule has 2 aromatic carbocycles. The molecule has 1 fully saturated rings. The van der Waals surface area contributed by atoms with E-state index in [-0.39, 0.29) is 16.4 Å². The van der Waals surface area contributed by atoms with Gasteiger partial charge in [0.2, 0.25) is 0 Å². The summed E-state index contributed by atoms with van der Waals surface area (Å²) in [7, 11) is 1.50. The Morgan fingerprint density at radius 2 is 1.75 bits per heavy atom. The fourth-order valence-corrected chi connectivity index (χ4v) is 4.05. The maximum Gasteiger partial charge on any atom is 0.270 e. The SMILES string of the molecule is COc1ccccc1N1C(=O)/C(=C/c2cc(C)n(-c3ccc(O)cc3)c2C)C(=O)NC1=S. The number of nitrogens with zero attached hydrogens (tertiary/aromatic N) is 2. The van der Waals surface area contributed by atoms with E-state index in [2.05, 4.69) is 5.32 Å². The molecule has 3 aromatic rings. The van der Waals surface area contributed by atoms with Crippen LogP contribution in [-0.2, 0) is 9.59 Å². The van der Waals surface area contributed by atoms with Crippen molar-refractivity contribution in [2.24, 2.45) is 0 Å². The van der Waals surface area contributed by atoms with Gasteiger partial charge >= 0.3 is 0 Å². The van der Waals surface area contributed by atoms with Gasteiger partial charge in [-0.2, -0.15) is 0 Å². The van der Waals surface area contributed by atoms with Gasteiger partial charge in [0.15, 0.2) is 5.11 Å². The Morgan fingerprint density at radius 1 is 1.06 bits per heavy atom. The van der Waals surface area contributed by atoms with Crippen LogP contribution in [0, 0.1) is 13.8 Å². The molecule has 0 unspecified atom stereocenters.